The molecule has 26 heavy (non-hydrogen) atoms. The van der Waals surface area contributed by atoms with Crippen LogP contribution in [0.1, 0.15) is 22.4 Å². The van der Waals surface area contributed by atoms with Crippen molar-refractivity contribution < 1.29 is 9.47 Å². The van der Waals surface area contributed by atoms with Gasteiger partial charge in [-0.15, -0.1) is 0 Å². The van der Waals surface area contributed by atoms with Crippen molar-refractivity contribution in [1.29, 1.82) is 0 Å². The summed E-state index contributed by atoms with van der Waals surface area (Å²) in [6.07, 6.45) is 3.51. The summed E-state index contributed by atoms with van der Waals surface area (Å²) in [5.74, 6) is 1.99. The molecule has 6 heteroatoms. The molecule has 3 aromatic rings. The van der Waals surface area contributed by atoms with E-state index in [9.17, 15) is 0 Å². The number of rotatable bonds is 6. The lowest BCUT2D eigenvalue weighted by atomic mass is 10.1. The average Bonchev–Trinajstić information content (AvgIpc) is 2.96. The number of nitrogens with two attached hydrogens (primary N) is 1. The molecule has 0 bridgehead atoms. The molecule has 0 aliphatic carbocycles. The fourth-order valence-corrected chi connectivity index (χ4v) is 2.59. The molecule has 134 valence electrons. The maximum Gasteiger partial charge on any atom is 0.221 e. The Morgan fingerprint density at radius 3 is 2.65 bits per heavy atom. The molecule has 2 aromatic carbocycles. The molecule has 0 aliphatic rings. The second-order valence-corrected chi connectivity index (χ2v) is 5.96. The summed E-state index contributed by atoms with van der Waals surface area (Å²) in [5, 5.41) is 4.35. The van der Waals surface area contributed by atoms with Gasteiger partial charge in [0, 0.05) is 5.56 Å². The second kappa shape index (κ2) is 7.74. The highest BCUT2D eigenvalue weighted by Gasteiger charge is 2.07. The lowest BCUT2D eigenvalue weighted by Crippen LogP contribution is -2.01. The molecule has 1 heterocycles. The van der Waals surface area contributed by atoms with Crippen molar-refractivity contribution in [2.45, 2.75) is 20.5 Å². The highest BCUT2D eigenvalue weighted by Crippen LogP contribution is 2.23. The van der Waals surface area contributed by atoms with Crippen LogP contribution >= 0.6 is 0 Å². The molecule has 0 spiro atoms. The number of aromatic nitrogens is 2. The summed E-state index contributed by atoms with van der Waals surface area (Å²) in [5.41, 5.74) is 9.58. The van der Waals surface area contributed by atoms with E-state index in [4.69, 9.17) is 15.2 Å². The maximum atomic E-state index is 5.95. The van der Waals surface area contributed by atoms with Crippen LogP contribution in [0.15, 0.2) is 53.8 Å². The van der Waals surface area contributed by atoms with Crippen molar-refractivity contribution in [3.05, 3.63) is 71.0 Å². The molecule has 2 N–H and O–H groups in total. The van der Waals surface area contributed by atoms with Crippen LogP contribution in [0.5, 0.6) is 11.5 Å². The van der Waals surface area contributed by atoms with Gasteiger partial charge < -0.3 is 15.2 Å². The predicted molar refractivity (Wildman–Crippen MR) is 103 cm³/mol. The molecular weight excluding hydrogens is 328 g/mol. The van der Waals surface area contributed by atoms with Gasteiger partial charge in [0.05, 0.1) is 25.2 Å². The maximum absolute atomic E-state index is 5.95. The zero-order chi connectivity index (χ0) is 18.5. The summed E-state index contributed by atoms with van der Waals surface area (Å²) >= 11 is 0. The first kappa shape index (κ1) is 17.5. The second-order valence-electron chi connectivity index (χ2n) is 5.96. The third kappa shape index (κ3) is 4.03. The average molecular weight is 350 g/mol. The Kier molecular flexibility index (Phi) is 5.22. The third-order valence-electron chi connectivity index (χ3n) is 3.95. The normalized spacial score (nSPS) is 11.0. The number of hydrogen-bond acceptors (Lipinski definition) is 5. The Morgan fingerprint density at radius 2 is 1.96 bits per heavy atom. The summed E-state index contributed by atoms with van der Waals surface area (Å²) in [7, 11) is 1.65. The molecule has 1 aromatic heterocycles. The number of benzene rings is 2. The third-order valence-corrected chi connectivity index (χ3v) is 3.95. The molecule has 0 fully saturated rings. The Morgan fingerprint density at radius 1 is 1.15 bits per heavy atom. The number of imidazole rings is 1. The van der Waals surface area contributed by atoms with Crippen LogP contribution in [0.2, 0.25) is 0 Å². The molecule has 0 saturated heterocycles. The molecular formula is C20H22N4O2. The fourth-order valence-electron chi connectivity index (χ4n) is 2.59. The number of methoxy groups -OCH3 is 1. The van der Waals surface area contributed by atoms with Crippen molar-refractivity contribution in [3.63, 3.8) is 0 Å². The predicted octanol–water partition coefficient (Wildman–Crippen LogP) is 3.55. The van der Waals surface area contributed by atoms with E-state index in [2.05, 4.69) is 10.1 Å². The summed E-state index contributed by atoms with van der Waals surface area (Å²) in [6, 6.07) is 13.7. The van der Waals surface area contributed by atoms with Crippen molar-refractivity contribution in [1.82, 2.24) is 9.66 Å². The number of aryl methyl sites for hydroxylation is 2. The van der Waals surface area contributed by atoms with Crippen LogP contribution in [-0.2, 0) is 6.61 Å². The number of hydrogen-bond donors (Lipinski definition) is 1. The van der Waals surface area contributed by atoms with Crippen molar-refractivity contribution in [2.75, 3.05) is 12.8 Å². The highest BCUT2D eigenvalue weighted by molar-refractivity contribution is 5.80. The minimum Gasteiger partial charge on any atom is -0.496 e. The molecule has 3 rings (SSSR count). The topological polar surface area (TPSA) is 74.7 Å². The van der Waals surface area contributed by atoms with E-state index in [0.29, 0.717) is 12.6 Å². The van der Waals surface area contributed by atoms with Gasteiger partial charge in [-0.25, -0.2) is 9.66 Å². The van der Waals surface area contributed by atoms with Crippen LogP contribution in [0.4, 0.5) is 5.95 Å². The van der Waals surface area contributed by atoms with E-state index in [1.807, 2.05) is 56.3 Å². The van der Waals surface area contributed by atoms with E-state index in [-0.39, 0.29) is 0 Å². The quantitative estimate of drug-likeness (QED) is 0.690. The number of anilines is 1. The van der Waals surface area contributed by atoms with Gasteiger partial charge in [0.25, 0.3) is 0 Å². The Bertz CT molecular complexity index is 931. The lowest BCUT2D eigenvalue weighted by molar-refractivity contribution is 0.295. The van der Waals surface area contributed by atoms with E-state index < -0.39 is 0 Å². The molecule has 6 nitrogen and oxygen atoms in total. The number of nitrogen functional groups attached to an aromatic ring is 1. The van der Waals surface area contributed by atoms with Gasteiger partial charge in [0.15, 0.2) is 0 Å². The Labute approximate surface area is 152 Å². The molecule has 0 amide bonds. The summed E-state index contributed by atoms with van der Waals surface area (Å²) in [6.45, 7) is 4.30. The molecule has 0 radical (unpaired) electrons. The standard InChI is InChI=1S/C20H22N4O2/c1-14-6-4-5-7-18(14)26-13-17-10-16(8-9-19(17)25-3)11-22-24-12-15(2)23-20(24)21/h4-12H,13H2,1-3H3,(H2,21,23). The summed E-state index contributed by atoms with van der Waals surface area (Å²) in [4.78, 5) is 4.13. The first-order valence-electron chi connectivity index (χ1n) is 8.28. The molecule has 0 unspecified atom stereocenters. The van der Waals surface area contributed by atoms with Crippen LogP contribution in [0.25, 0.3) is 0 Å². The zero-order valence-corrected chi connectivity index (χ0v) is 15.1. The van der Waals surface area contributed by atoms with Crippen LogP contribution < -0.4 is 15.2 Å². The Balaban J connectivity index is 1.80. The van der Waals surface area contributed by atoms with Crippen molar-refractivity contribution in [3.8, 4) is 11.5 Å². The van der Waals surface area contributed by atoms with Gasteiger partial charge >= 0.3 is 0 Å². The first-order chi connectivity index (χ1) is 12.6. The van der Waals surface area contributed by atoms with Gasteiger partial charge in [-0.3, -0.25) is 0 Å². The molecule has 0 saturated carbocycles. The zero-order valence-electron chi connectivity index (χ0n) is 15.1. The minimum absolute atomic E-state index is 0.357. The van der Waals surface area contributed by atoms with E-state index in [0.717, 1.165) is 33.9 Å². The first-order valence-corrected chi connectivity index (χ1v) is 8.28. The van der Waals surface area contributed by atoms with Crippen LogP contribution in [0.3, 0.4) is 0 Å². The molecule has 0 atom stereocenters. The largest absolute Gasteiger partial charge is 0.496 e. The SMILES string of the molecule is COc1ccc(C=Nn2cc(C)nc2N)cc1COc1ccccc1C. The van der Waals surface area contributed by atoms with E-state index in [1.165, 1.54) is 0 Å². The number of ether oxygens (including phenoxy) is 2. The highest BCUT2D eigenvalue weighted by atomic mass is 16.5. The van der Waals surface area contributed by atoms with Crippen LogP contribution in [0, 0.1) is 13.8 Å². The van der Waals surface area contributed by atoms with Crippen molar-refractivity contribution in [2.24, 2.45) is 5.10 Å². The van der Waals surface area contributed by atoms with Crippen LogP contribution in [-0.4, -0.2) is 23.0 Å². The number of para-hydroxylation sites is 1. The van der Waals surface area contributed by atoms with Crippen molar-refractivity contribution >= 4 is 12.2 Å². The summed E-state index contributed by atoms with van der Waals surface area (Å²) < 4.78 is 12.9. The Hall–Kier alpha value is -3.28. The molecule has 0 aliphatic heterocycles. The van der Waals surface area contributed by atoms with Gasteiger partial charge in [-0.2, -0.15) is 5.10 Å². The fraction of sp³-hybridized carbons (Fsp3) is 0.200. The monoisotopic (exact) mass is 350 g/mol. The van der Waals surface area contributed by atoms with E-state index in [1.54, 1.807) is 24.2 Å². The van der Waals surface area contributed by atoms with Gasteiger partial charge in [-0.05, 0) is 49.2 Å². The smallest absolute Gasteiger partial charge is 0.221 e. The van der Waals surface area contributed by atoms with Gasteiger partial charge in [-0.1, -0.05) is 18.2 Å². The number of nitrogens with zero attached hydrogens (tertiary/aromatic N) is 3. The van der Waals surface area contributed by atoms with E-state index >= 15 is 0 Å². The van der Waals surface area contributed by atoms with Gasteiger partial charge in [0.1, 0.15) is 18.1 Å². The van der Waals surface area contributed by atoms with Gasteiger partial charge in [0.2, 0.25) is 5.95 Å². The minimum atomic E-state index is 0.357. The lowest BCUT2D eigenvalue weighted by Gasteiger charge is -2.12.